The van der Waals surface area contributed by atoms with Crippen LogP contribution in [-0.4, -0.2) is 30.7 Å². The summed E-state index contributed by atoms with van der Waals surface area (Å²) in [5.74, 6) is 0.574. The Hall–Kier alpha value is -0.580. The molecule has 1 aromatic rings. The van der Waals surface area contributed by atoms with Crippen molar-refractivity contribution >= 4 is 41.3 Å². The summed E-state index contributed by atoms with van der Waals surface area (Å²) in [5.41, 5.74) is 0. The summed E-state index contributed by atoms with van der Waals surface area (Å²) in [6, 6.07) is 0. The summed E-state index contributed by atoms with van der Waals surface area (Å²) in [6.07, 6.45) is -2.42. The zero-order valence-electron chi connectivity index (χ0n) is 12.0. The van der Waals surface area contributed by atoms with E-state index >= 15 is 0 Å². The summed E-state index contributed by atoms with van der Waals surface area (Å²) >= 11 is 1.59. The maximum absolute atomic E-state index is 12.0. The second-order valence-electron chi connectivity index (χ2n) is 4.29. The van der Waals surface area contributed by atoms with E-state index in [0.717, 1.165) is 9.88 Å². The molecule has 122 valence electrons. The van der Waals surface area contributed by atoms with Crippen LogP contribution in [0.3, 0.4) is 0 Å². The molecule has 2 N–H and O–H groups in total. The number of nitrogens with one attached hydrogen (secondary N) is 2. The fraction of sp³-hybridized carbons (Fsp3) is 0.667. The van der Waals surface area contributed by atoms with Gasteiger partial charge in [-0.3, -0.25) is 4.99 Å². The monoisotopic (exact) mass is 436 g/mol. The van der Waals surface area contributed by atoms with E-state index in [0.29, 0.717) is 25.5 Å². The van der Waals surface area contributed by atoms with Crippen LogP contribution < -0.4 is 10.6 Å². The second-order valence-corrected chi connectivity index (χ2v) is 5.61. The first-order chi connectivity index (χ1) is 9.40. The van der Waals surface area contributed by atoms with E-state index in [1.54, 1.807) is 24.6 Å². The fourth-order valence-electron chi connectivity index (χ4n) is 1.52. The maximum Gasteiger partial charge on any atom is 0.389 e. The van der Waals surface area contributed by atoms with Gasteiger partial charge in [-0.1, -0.05) is 0 Å². The number of hydrogen-bond donors (Lipinski definition) is 2. The highest BCUT2D eigenvalue weighted by Gasteiger charge is 2.25. The van der Waals surface area contributed by atoms with Gasteiger partial charge >= 0.3 is 6.18 Å². The summed E-state index contributed by atoms with van der Waals surface area (Å²) in [5, 5.41) is 7.00. The third-order valence-electron chi connectivity index (χ3n) is 2.48. The number of rotatable bonds is 6. The third kappa shape index (κ3) is 9.88. The lowest BCUT2D eigenvalue weighted by Crippen LogP contribution is -2.37. The molecular weight excluding hydrogens is 416 g/mol. The third-order valence-corrected chi connectivity index (χ3v) is 3.39. The maximum atomic E-state index is 12.0. The van der Waals surface area contributed by atoms with E-state index in [4.69, 9.17) is 0 Å². The van der Waals surface area contributed by atoms with Crippen molar-refractivity contribution < 1.29 is 13.2 Å². The molecule has 0 atom stereocenters. The molecule has 1 aromatic heterocycles. The Morgan fingerprint density at radius 3 is 2.57 bits per heavy atom. The summed E-state index contributed by atoms with van der Waals surface area (Å²) < 4.78 is 35.9. The number of aliphatic imine (C=N–C) groups is 1. The zero-order chi connectivity index (χ0) is 15.0. The van der Waals surface area contributed by atoms with Gasteiger partial charge in [-0.15, -0.1) is 35.3 Å². The SMILES string of the molecule is CN=C(NCCCCC(F)(F)F)NCc1ncc(C)s1.I. The number of unbranched alkanes of at least 4 members (excludes halogenated alkanes) is 1. The minimum Gasteiger partial charge on any atom is -0.356 e. The largest absolute Gasteiger partial charge is 0.389 e. The van der Waals surface area contributed by atoms with Crippen LogP contribution in [0.4, 0.5) is 13.2 Å². The van der Waals surface area contributed by atoms with Crippen molar-refractivity contribution in [3.8, 4) is 0 Å². The Morgan fingerprint density at radius 1 is 1.33 bits per heavy atom. The first-order valence-corrected chi connectivity index (χ1v) is 7.15. The van der Waals surface area contributed by atoms with Crippen LogP contribution in [0.2, 0.25) is 0 Å². The number of halogens is 4. The quantitative estimate of drug-likeness (QED) is 0.311. The van der Waals surface area contributed by atoms with Gasteiger partial charge in [0.05, 0.1) is 6.54 Å². The topological polar surface area (TPSA) is 49.3 Å². The van der Waals surface area contributed by atoms with Crippen LogP contribution in [0.25, 0.3) is 0 Å². The number of nitrogens with zero attached hydrogens (tertiary/aromatic N) is 2. The van der Waals surface area contributed by atoms with E-state index in [1.807, 2.05) is 6.92 Å². The van der Waals surface area contributed by atoms with E-state index in [1.165, 1.54) is 0 Å². The molecule has 0 spiro atoms. The van der Waals surface area contributed by atoms with Crippen LogP contribution >= 0.6 is 35.3 Å². The molecule has 4 nitrogen and oxygen atoms in total. The number of alkyl halides is 3. The van der Waals surface area contributed by atoms with E-state index < -0.39 is 12.6 Å². The Morgan fingerprint density at radius 2 is 2.05 bits per heavy atom. The lowest BCUT2D eigenvalue weighted by Gasteiger charge is -2.11. The molecule has 0 unspecified atom stereocenters. The molecule has 0 aliphatic heterocycles. The molecule has 0 aliphatic carbocycles. The number of aryl methyl sites for hydroxylation is 1. The predicted molar refractivity (Wildman–Crippen MR) is 90.4 cm³/mol. The molecule has 0 radical (unpaired) electrons. The van der Waals surface area contributed by atoms with Crippen molar-refractivity contribution in [1.82, 2.24) is 15.6 Å². The Bertz CT molecular complexity index is 434. The van der Waals surface area contributed by atoms with Crippen molar-refractivity contribution in [3.05, 3.63) is 16.1 Å². The van der Waals surface area contributed by atoms with Gasteiger partial charge in [-0.25, -0.2) is 4.98 Å². The van der Waals surface area contributed by atoms with Crippen LogP contribution in [0.15, 0.2) is 11.2 Å². The highest BCUT2D eigenvalue weighted by Crippen LogP contribution is 2.21. The summed E-state index contributed by atoms with van der Waals surface area (Å²) in [4.78, 5) is 9.35. The minimum atomic E-state index is -4.07. The highest BCUT2D eigenvalue weighted by atomic mass is 127. The van der Waals surface area contributed by atoms with Gasteiger partial charge < -0.3 is 10.6 Å². The molecule has 21 heavy (non-hydrogen) atoms. The Kier molecular flexibility index (Phi) is 9.92. The standard InChI is InChI=1S/C12H19F3N4S.HI/c1-9-7-18-10(20-9)8-19-11(16-2)17-6-4-3-5-12(13,14)15;/h7H,3-6,8H2,1-2H3,(H2,16,17,19);1H. The van der Waals surface area contributed by atoms with Gasteiger partial charge in [-0.2, -0.15) is 13.2 Å². The van der Waals surface area contributed by atoms with E-state index in [9.17, 15) is 13.2 Å². The molecule has 1 heterocycles. The van der Waals surface area contributed by atoms with Gasteiger partial charge in [0.2, 0.25) is 0 Å². The van der Waals surface area contributed by atoms with Crippen LogP contribution in [-0.2, 0) is 6.54 Å². The Labute approximate surface area is 143 Å². The first-order valence-electron chi connectivity index (χ1n) is 6.33. The average Bonchev–Trinajstić information content (AvgIpc) is 2.77. The molecule has 1 rings (SSSR count). The first kappa shape index (κ1) is 20.4. The van der Waals surface area contributed by atoms with Crippen LogP contribution in [0, 0.1) is 6.92 Å². The fourth-order valence-corrected chi connectivity index (χ4v) is 2.25. The van der Waals surface area contributed by atoms with Crippen molar-refractivity contribution in [2.45, 2.75) is 38.9 Å². The highest BCUT2D eigenvalue weighted by molar-refractivity contribution is 14.0. The number of hydrogen-bond acceptors (Lipinski definition) is 3. The minimum absolute atomic E-state index is 0. The van der Waals surface area contributed by atoms with Crippen molar-refractivity contribution in [1.29, 1.82) is 0 Å². The van der Waals surface area contributed by atoms with Gasteiger partial charge in [0.1, 0.15) is 5.01 Å². The van der Waals surface area contributed by atoms with Gasteiger partial charge in [0.15, 0.2) is 5.96 Å². The number of thiazole rings is 1. The normalized spacial score (nSPS) is 12.0. The van der Waals surface area contributed by atoms with Gasteiger partial charge in [0.25, 0.3) is 0 Å². The molecule has 0 bridgehead atoms. The van der Waals surface area contributed by atoms with Crippen molar-refractivity contribution in [2.75, 3.05) is 13.6 Å². The van der Waals surface area contributed by atoms with Crippen molar-refractivity contribution in [3.63, 3.8) is 0 Å². The second kappa shape index (κ2) is 10.2. The smallest absolute Gasteiger partial charge is 0.356 e. The lowest BCUT2D eigenvalue weighted by atomic mass is 10.2. The van der Waals surface area contributed by atoms with Crippen LogP contribution in [0.5, 0.6) is 0 Å². The summed E-state index contributed by atoms with van der Waals surface area (Å²) in [7, 11) is 1.62. The molecule has 9 heteroatoms. The molecule has 0 amide bonds. The number of guanidine groups is 1. The molecule has 0 saturated heterocycles. The Balaban J connectivity index is 0.00000400. The zero-order valence-corrected chi connectivity index (χ0v) is 15.1. The van der Waals surface area contributed by atoms with E-state index in [2.05, 4.69) is 20.6 Å². The predicted octanol–water partition coefficient (Wildman–Crippen LogP) is 3.47. The van der Waals surface area contributed by atoms with Gasteiger partial charge in [-0.05, 0) is 19.8 Å². The van der Waals surface area contributed by atoms with Gasteiger partial charge in [0, 0.05) is 31.1 Å². The summed E-state index contributed by atoms with van der Waals surface area (Å²) in [6.45, 7) is 3.00. The molecule has 0 saturated carbocycles. The lowest BCUT2D eigenvalue weighted by molar-refractivity contribution is -0.135. The molecule has 0 fully saturated rings. The molecule has 0 aliphatic rings. The molecule has 0 aromatic carbocycles. The number of aromatic nitrogens is 1. The van der Waals surface area contributed by atoms with E-state index in [-0.39, 0.29) is 30.4 Å². The molecular formula is C12H20F3IN4S. The van der Waals surface area contributed by atoms with Crippen LogP contribution in [0.1, 0.15) is 29.1 Å². The average molecular weight is 436 g/mol. The van der Waals surface area contributed by atoms with Crippen molar-refractivity contribution in [2.24, 2.45) is 4.99 Å².